The van der Waals surface area contributed by atoms with Crippen LogP contribution in [0, 0.1) is 11.3 Å². The number of allylic oxidation sites excluding steroid dienone is 4. The van der Waals surface area contributed by atoms with Crippen molar-refractivity contribution in [3.63, 3.8) is 0 Å². The summed E-state index contributed by atoms with van der Waals surface area (Å²) in [5, 5.41) is 8.92. The Morgan fingerprint density at radius 1 is 1.47 bits per heavy atom. The van der Waals surface area contributed by atoms with Crippen LogP contribution in [0.4, 0.5) is 4.39 Å². The first-order chi connectivity index (χ1) is 9.04. The normalized spacial score (nSPS) is 12.5. The van der Waals surface area contributed by atoms with Crippen molar-refractivity contribution in [3.05, 3.63) is 65.2 Å². The van der Waals surface area contributed by atoms with Crippen molar-refractivity contribution in [3.8, 4) is 6.07 Å². The number of nitrogens with zero attached hydrogens (tertiary/aromatic N) is 1. The fourth-order valence-corrected chi connectivity index (χ4v) is 1.70. The molecule has 0 N–H and O–H groups in total. The fraction of sp³-hybridized carbons (Fsp3) is 0.188. The third kappa shape index (κ3) is 3.32. The van der Waals surface area contributed by atoms with Gasteiger partial charge in [0.05, 0.1) is 24.3 Å². The average molecular weight is 257 g/mol. The minimum Gasteiger partial charge on any atom is -0.496 e. The van der Waals surface area contributed by atoms with Gasteiger partial charge in [0.15, 0.2) is 0 Å². The summed E-state index contributed by atoms with van der Waals surface area (Å²) in [4.78, 5) is 0. The number of hydrogen-bond donors (Lipinski definition) is 0. The maximum absolute atomic E-state index is 14.3. The number of ether oxygens (including phenoxy) is 1. The molecule has 0 radical (unpaired) electrons. The first-order valence-electron chi connectivity index (χ1n) is 5.82. The van der Waals surface area contributed by atoms with Crippen LogP contribution >= 0.6 is 0 Å². The molecule has 98 valence electrons. The van der Waals surface area contributed by atoms with E-state index >= 15 is 0 Å². The molecule has 3 heteroatoms. The van der Waals surface area contributed by atoms with Crippen LogP contribution in [0.1, 0.15) is 25.0 Å². The van der Waals surface area contributed by atoms with Crippen molar-refractivity contribution in [2.75, 3.05) is 7.11 Å². The molecular weight excluding hydrogens is 241 g/mol. The van der Waals surface area contributed by atoms with E-state index in [1.807, 2.05) is 6.07 Å². The van der Waals surface area contributed by atoms with E-state index in [9.17, 15) is 4.39 Å². The number of halogens is 1. The zero-order chi connectivity index (χ0) is 14.4. The summed E-state index contributed by atoms with van der Waals surface area (Å²) in [7, 11) is 1.48. The Morgan fingerprint density at radius 3 is 2.63 bits per heavy atom. The third-order valence-electron chi connectivity index (χ3n) is 2.60. The monoisotopic (exact) mass is 257 g/mol. The van der Waals surface area contributed by atoms with E-state index in [2.05, 4.69) is 6.58 Å². The first-order valence-corrected chi connectivity index (χ1v) is 5.82. The minimum absolute atomic E-state index is 0.314. The molecule has 0 saturated heterocycles. The quantitative estimate of drug-likeness (QED) is 0.593. The van der Waals surface area contributed by atoms with Crippen LogP contribution in [0.15, 0.2) is 54.1 Å². The molecule has 19 heavy (non-hydrogen) atoms. The van der Waals surface area contributed by atoms with Crippen LogP contribution < -0.4 is 0 Å². The van der Waals surface area contributed by atoms with E-state index in [0.717, 1.165) is 0 Å². The lowest BCUT2D eigenvalue weighted by atomic mass is 9.99. The third-order valence-corrected chi connectivity index (χ3v) is 2.60. The van der Waals surface area contributed by atoms with Gasteiger partial charge in [0.25, 0.3) is 0 Å². The highest BCUT2D eigenvalue weighted by Gasteiger charge is 2.15. The van der Waals surface area contributed by atoms with Crippen molar-refractivity contribution in [2.45, 2.75) is 13.8 Å². The molecule has 0 aliphatic heterocycles. The summed E-state index contributed by atoms with van der Waals surface area (Å²) in [5.41, 5.74) is 1.69. The van der Waals surface area contributed by atoms with E-state index in [1.54, 1.807) is 44.2 Å². The predicted octanol–water partition coefficient (Wildman–Crippen LogP) is 4.37. The van der Waals surface area contributed by atoms with Crippen molar-refractivity contribution in [1.29, 1.82) is 5.26 Å². The van der Waals surface area contributed by atoms with Gasteiger partial charge in [-0.3, -0.25) is 0 Å². The SMILES string of the molecule is C=C(C)/C(F)=C(\C(=CC)OC)c1cccc(C#N)c1. The zero-order valence-corrected chi connectivity index (χ0v) is 11.3. The van der Waals surface area contributed by atoms with Gasteiger partial charge in [-0.25, -0.2) is 4.39 Å². The summed E-state index contributed by atoms with van der Waals surface area (Å²) in [6.45, 7) is 6.97. The predicted molar refractivity (Wildman–Crippen MR) is 74.8 cm³/mol. The molecule has 1 rings (SSSR count). The van der Waals surface area contributed by atoms with Crippen molar-refractivity contribution < 1.29 is 9.13 Å². The molecule has 0 heterocycles. The van der Waals surface area contributed by atoms with E-state index in [4.69, 9.17) is 10.00 Å². The molecule has 0 saturated carbocycles. The Hall–Kier alpha value is -2.34. The Balaban J connectivity index is 3.54. The summed E-state index contributed by atoms with van der Waals surface area (Å²) in [6, 6.07) is 8.78. The average Bonchev–Trinajstić information content (AvgIpc) is 2.43. The van der Waals surface area contributed by atoms with Crippen LogP contribution in [0.5, 0.6) is 0 Å². The van der Waals surface area contributed by atoms with Crippen LogP contribution in [0.2, 0.25) is 0 Å². The van der Waals surface area contributed by atoms with Gasteiger partial charge in [-0.2, -0.15) is 5.26 Å². The number of hydrogen-bond acceptors (Lipinski definition) is 2. The Morgan fingerprint density at radius 2 is 2.16 bits per heavy atom. The van der Waals surface area contributed by atoms with Gasteiger partial charge in [0, 0.05) is 0 Å². The molecule has 0 unspecified atom stereocenters. The molecule has 0 fully saturated rings. The fourth-order valence-electron chi connectivity index (χ4n) is 1.70. The first kappa shape index (κ1) is 14.7. The number of methoxy groups -OCH3 is 1. The number of benzene rings is 1. The molecule has 0 atom stereocenters. The molecule has 1 aromatic rings. The lowest BCUT2D eigenvalue weighted by Gasteiger charge is -2.13. The molecule has 0 aliphatic carbocycles. The van der Waals surface area contributed by atoms with Gasteiger partial charge < -0.3 is 4.74 Å². The lowest BCUT2D eigenvalue weighted by molar-refractivity contribution is 0.309. The number of rotatable bonds is 4. The molecule has 0 bridgehead atoms. The topological polar surface area (TPSA) is 33.0 Å². The Labute approximate surface area is 113 Å². The Kier molecular flexibility index (Phi) is 5.08. The van der Waals surface area contributed by atoms with Crippen LogP contribution in [-0.4, -0.2) is 7.11 Å². The second kappa shape index (κ2) is 6.55. The van der Waals surface area contributed by atoms with Crippen LogP contribution in [0.25, 0.3) is 5.57 Å². The maximum atomic E-state index is 14.3. The highest BCUT2D eigenvalue weighted by molar-refractivity contribution is 5.81. The number of nitriles is 1. The molecule has 0 aromatic heterocycles. The van der Waals surface area contributed by atoms with Gasteiger partial charge in [-0.05, 0) is 43.2 Å². The van der Waals surface area contributed by atoms with Gasteiger partial charge in [-0.1, -0.05) is 18.7 Å². The minimum atomic E-state index is -0.440. The molecule has 2 nitrogen and oxygen atoms in total. The molecule has 0 amide bonds. The van der Waals surface area contributed by atoms with Gasteiger partial charge >= 0.3 is 0 Å². The van der Waals surface area contributed by atoms with Gasteiger partial charge in [0.2, 0.25) is 0 Å². The van der Waals surface area contributed by atoms with Crippen molar-refractivity contribution in [1.82, 2.24) is 0 Å². The highest BCUT2D eigenvalue weighted by Crippen LogP contribution is 2.31. The lowest BCUT2D eigenvalue weighted by Crippen LogP contribution is -1.97. The second-order valence-corrected chi connectivity index (χ2v) is 4.02. The van der Waals surface area contributed by atoms with Gasteiger partial charge in [-0.15, -0.1) is 0 Å². The molecule has 0 aliphatic rings. The molecular formula is C16H16FNO. The summed E-state index contributed by atoms with van der Waals surface area (Å²) < 4.78 is 19.5. The van der Waals surface area contributed by atoms with Crippen LogP contribution in [-0.2, 0) is 4.74 Å². The summed E-state index contributed by atoms with van der Waals surface area (Å²) in [5.74, 6) is -0.0272. The van der Waals surface area contributed by atoms with E-state index in [-0.39, 0.29) is 0 Å². The summed E-state index contributed by atoms with van der Waals surface area (Å²) >= 11 is 0. The molecule has 0 spiro atoms. The molecule has 1 aromatic carbocycles. The van der Waals surface area contributed by atoms with Crippen LogP contribution in [0.3, 0.4) is 0 Å². The van der Waals surface area contributed by atoms with Gasteiger partial charge in [0.1, 0.15) is 11.6 Å². The highest BCUT2D eigenvalue weighted by atomic mass is 19.1. The zero-order valence-electron chi connectivity index (χ0n) is 11.3. The van der Waals surface area contributed by atoms with E-state index < -0.39 is 5.83 Å². The second-order valence-electron chi connectivity index (χ2n) is 4.02. The van der Waals surface area contributed by atoms with E-state index in [1.165, 1.54) is 7.11 Å². The van der Waals surface area contributed by atoms with Crippen molar-refractivity contribution in [2.24, 2.45) is 0 Å². The maximum Gasteiger partial charge on any atom is 0.137 e. The standard InChI is InChI=1S/C16H16FNO/c1-5-14(19-4)15(16(17)11(2)3)13-8-6-7-12(9-13)10-18/h5-9H,2H2,1,3-4H3/b14-5?,16-15+. The van der Waals surface area contributed by atoms with Crippen molar-refractivity contribution >= 4 is 5.57 Å². The largest absolute Gasteiger partial charge is 0.496 e. The Bertz CT molecular complexity index is 591. The summed E-state index contributed by atoms with van der Waals surface area (Å²) in [6.07, 6.45) is 1.68. The smallest absolute Gasteiger partial charge is 0.137 e. The van der Waals surface area contributed by atoms with E-state index in [0.29, 0.717) is 28.0 Å².